The van der Waals surface area contributed by atoms with Gasteiger partial charge in [0.2, 0.25) is 0 Å². The van der Waals surface area contributed by atoms with E-state index in [0.717, 1.165) is 18.5 Å². The number of hydrogen-bond donors (Lipinski definition) is 0. The molecule has 0 radical (unpaired) electrons. The van der Waals surface area contributed by atoms with Gasteiger partial charge in [-0.25, -0.2) is 4.68 Å². The zero-order chi connectivity index (χ0) is 9.68. The summed E-state index contributed by atoms with van der Waals surface area (Å²) in [4.78, 5) is 0. The summed E-state index contributed by atoms with van der Waals surface area (Å²) in [5.74, 6) is 0. The summed E-state index contributed by atoms with van der Waals surface area (Å²) in [5, 5.41) is 24.5. The summed E-state index contributed by atoms with van der Waals surface area (Å²) in [5.41, 5.74) is 1.09. The Labute approximate surface area is 76.2 Å². The molecule has 0 spiro atoms. The predicted octanol–water partition coefficient (Wildman–Crippen LogP) is 0.626. The van der Waals surface area contributed by atoms with E-state index in [0.29, 0.717) is 5.69 Å². The first-order chi connectivity index (χ1) is 6.33. The lowest BCUT2D eigenvalue weighted by Crippen LogP contribution is -2.04. The molecule has 0 aromatic carbocycles. The van der Waals surface area contributed by atoms with E-state index in [1.165, 1.54) is 4.68 Å². The minimum Gasteiger partial charge on any atom is -0.234 e. The molecule has 13 heavy (non-hydrogen) atoms. The van der Waals surface area contributed by atoms with Crippen molar-refractivity contribution in [2.24, 2.45) is 0 Å². The molecular weight excluding hydrogens is 166 g/mol. The van der Waals surface area contributed by atoms with E-state index in [1.54, 1.807) is 0 Å². The molecule has 1 aromatic rings. The Morgan fingerprint density at radius 3 is 2.77 bits per heavy atom. The molecule has 0 amide bonds. The summed E-state index contributed by atoms with van der Waals surface area (Å²) in [6.45, 7) is 2.16. The van der Waals surface area contributed by atoms with E-state index in [2.05, 4.69) is 10.3 Å². The molecule has 0 saturated heterocycles. The Bertz CT molecular complexity index is 365. The summed E-state index contributed by atoms with van der Waals surface area (Å²) >= 11 is 0. The van der Waals surface area contributed by atoms with Crippen molar-refractivity contribution in [3.05, 3.63) is 11.4 Å². The lowest BCUT2D eigenvalue weighted by Gasteiger charge is -1.98. The lowest BCUT2D eigenvalue weighted by atomic mass is 10.2. The van der Waals surface area contributed by atoms with Gasteiger partial charge in [0.05, 0.1) is 11.8 Å². The minimum atomic E-state index is 0.157. The smallest absolute Gasteiger partial charge is 0.185 e. The van der Waals surface area contributed by atoms with Gasteiger partial charge in [0.1, 0.15) is 12.6 Å². The van der Waals surface area contributed by atoms with Crippen LogP contribution in [0.5, 0.6) is 0 Å². The van der Waals surface area contributed by atoms with Crippen LogP contribution < -0.4 is 0 Å². The zero-order valence-electron chi connectivity index (χ0n) is 7.36. The monoisotopic (exact) mass is 175 g/mol. The average Bonchev–Trinajstić information content (AvgIpc) is 2.50. The first-order valence-corrected chi connectivity index (χ1v) is 4.02. The normalized spacial score (nSPS) is 9.15. The number of rotatable bonds is 3. The highest BCUT2D eigenvalue weighted by atomic mass is 15.4. The molecule has 0 fully saturated rings. The maximum atomic E-state index is 8.68. The minimum absolute atomic E-state index is 0.157. The topological polar surface area (TPSA) is 78.3 Å². The molecule has 0 bridgehead atoms. The molecule has 0 unspecified atom stereocenters. The molecule has 0 aliphatic carbocycles. The highest BCUT2D eigenvalue weighted by molar-refractivity contribution is 5.24. The summed E-state index contributed by atoms with van der Waals surface area (Å²) in [7, 11) is 0. The second kappa shape index (κ2) is 4.22. The van der Waals surface area contributed by atoms with Crippen molar-refractivity contribution in [3.63, 3.8) is 0 Å². The van der Waals surface area contributed by atoms with Crippen LogP contribution in [0.3, 0.4) is 0 Å². The second-order valence-corrected chi connectivity index (χ2v) is 2.56. The van der Waals surface area contributed by atoms with Crippen LogP contribution >= 0.6 is 0 Å². The molecule has 1 rings (SSSR count). The molecule has 1 heterocycles. The molecule has 0 N–H and O–H groups in total. The maximum Gasteiger partial charge on any atom is 0.185 e. The third-order valence-electron chi connectivity index (χ3n) is 1.65. The fourth-order valence-electron chi connectivity index (χ4n) is 1.10. The molecule has 5 heteroatoms. The van der Waals surface area contributed by atoms with Crippen LogP contribution in [0.25, 0.3) is 0 Å². The fraction of sp³-hybridized carbons (Fsp3) is 0.500. The zero-order valence-corrected chi connectivity index (χ0v) is 7.36. The Hall–Kier alpha value is -1.88. The van der Waals surface area contributed by atoms with Gasteiger partial charge in [-0.1, -0.05) is 18.6 Å². The predicted molar refractivity (Wildman–Crippen MR) is 44.3 cm³/mol. The molecule has 0 saturated carbocycles. The molecule has 0 atom stereocenters. The Morgan fingerprint density at radius 2 is 2.23 bits per heavy atom. The largest absolute Gasteiger partial charge is 0.234 e. The van der Waals surface area contributed by atoms with E-state index >= 15 is 0 Å². The summed E-state index contributed by atoms with van der Waals surface area (Å²) in [6, 6.07) is 3.93. The van der Waals surface area contributed by atoms with Gasteiger partial charge < -0.3 is 0 Å². The quantitative estimate of drug-likeness (QED) is 0.674. The van der Waals surface area contributed by atoms with Crippen molar-refractivity contribution in [3.8, 4) is 12.1 Å². The SMILES string of the molecule is CCCc1c(C#N)nnn1CC#N. The number of hydrogen-bond acceptors (Lipinski definition) is 4. The van der Waals surface area contributed by atoms with Gasteiger partial charge in [0.15, 0.2) is 5.69 Å². The standard InChI is InChI=1S/C8H9N5/c1-2-3-8-7(6-10)11-12-13(8)5-4-9/h2-3,5H2,1H3. The Kier molecular flexibility index (Phi) is 2.99. The number of nitriles is 2. The van der Waals surface area contributed by atoms with Crippen LogP contribution in [0.2, 0.25) is 0 Å². The third-order valence-corrected chi connectivity index (χ3v) is 1.65. The Balaban J connectivity index is 3.02. The number of nitrogens with zero attached hydrogens (tertiary/aromatic N) is 5. The van der Waals surface area contributed by atoms with Crippen molar-refractivity contribution in [2.45, 2.75) is 26.3 Å². The first kappa shape index (κ1) is 9.21. The highest BCUT2D eigenvalue weighted by Gasteiger charge is 2.10. The van der Waals surface area contributed by atoms with Crippen molar-refractivity contribution in [2.75, 3.05) is 0 Å². The van der Waals surface area contributed by atoms with Crippen molar-refractivity contribution in [1.29, 1.82) is 10.5 Å². The van der Waals surface area contributed by atoms with Crippen LogP contribution in [-0.4, -0.2) is 15.0 Å². The van der Waals surface area contributed by atoms with Gasteiger partial charge in [-0.15, -0.1) is 5.10 Å². The highest BCUT2D eigenvalue weighted by Crippen LogP contribution is 2.06. The van der Waals surface area contributed by atoms with Crippen LogP contribution in [0.4, 0.5) is 0 Å². The molecular formula is C8H9N5. The van der Waals surface area contributed by atoms with E-state index in [-0.39, 0.29) is 6.54 Å². The summed E-state index contributed by atoms with van der Waals surface area (Å²) in [6.07, 6.45) is 1.64. The van der Waals surface area contributed by atoms with E-state index in [4.69, 9.17) is 10.5 Å². The van der Waals surface area contributed by atoms with Crippen molar-refractivity contribution in [1.82, 2.24) is 15.0 Å². The van der Waals surface area contributed by atoms with E-state index < -0.39 is 0 Å². The third kappa shape index (κ3) is 1.83. The average molecular weight is 175 g/mol. The fourth-order valence-corrected chi connectivity index (χ4v) is 1.10. The van der Waals surface area contributed by atoms with Gasteiger partial charge in [-0.3, -0.25) is 0 Å². The molecule has 1 aromatic heterocycles. The summed E-state index contributed by atoms with van der Waals surface area (Å²) < 4.78 is 1.47. The molecule has 5 nitrogen and oxygen atoms in total. The van der Waals surface area contributed by atoms with Gasteiger partial charge in [-0.05, 0) is 6.42 Å². The van der Waals surface area contributed by atoms with Gasteiger partial charge in [0, 0.05) is 0 Å². The number of aromatic nitrogens is 3. The van der Waals surface area contributed by atoms with Crippen LogP contribution in [0.1, 0.15) is 24.7 Å². The molecule has 0 aliphatic rings. The van der Waals surface area contributed by atoms with Gasteiger partial charge in [-0.2, -0.15) is 10.5 Å². The molecule has 0 aliphatic heterocycles. The van der Waals surface area contributed by atoms with Crippen molar-refractivity contribution >= 4 is 0 Å². The van der Waals surface area contributed by atoms with E-state index in [9.17, 15) is 0 Å². The van der Waals surface area contributed by atoms with Gasteiger partial charge >= 0.3 is 0 Å². The lowest BCUT2D eigenvalue weighted by molar-refractivity contribution is 0.629. The second-order valence-electron chi connectivity index (χ2n) is 2.56. The van der Waals surface area contributed by atoms with Gasteiger partial charge in [0.25, 0.3) is 0 Å². The van der Waals surface area contributed by atoms with Crippen LogP contribution in [-0.2, 0) is 13.0 Å². The first-order valence-electron chi connectivity index (χ1n) is 4.02. The maximum absolute atomic E-state index is 8.68. The Morgan fingerprint density at radius 1 is 1.46 bits per heavy atom. The van der Waals surface area contributed by atoms with Crippen molar-refractivity contribution < 1.29 is 0 Å². The van der Waals surface area contributed by atoms with Crippen LogP contribution in [0, 0.1) is 22.7 Å². The van der Waals surface area contributed by atoms with E-state index in [1.807, 2.05) is 19.1 Å². The van der Waals surface area contributed by atoms with Crippen LogP contribution in [0.15, 0.2) is 0 Å². The molecule has 66 valence electrons.